The van der Waals surface area contributed by atoms with Gasteiger partial charge in [0.15, 0.2) is 0 Å². The molecule has 0 aliphatic heterocycles. The minimum Gasteiger partial charge on any atom is -0.368 e. The summed E-state index contributed by atoms with van der Waals surface area (Å²) in [6, 6.07) is 14.8. The number of likely N-dealkylation sites (N-methyl/N-ethyl adjacent to an activating group) is 1. The fraction of sp³-hybridized carbons (Fsp3) is 0.294. The average molecular weight is 351 g/mol. The monoisotopic (exact) mass is 350 g/mol. The molecule has 0 saturated carbocycles. The Kier molecular flexibility index (Phi) is 5.01. The largest absolute Gasteiger partial charge is 0.368 e. The number of benzene rings is 2. The quantitative estimate of drug-likeness (QED) is 0.883. The smallest absolute Gasteiger partial charge is 0.125 e. The third-order valence-corrected chi connectivity index (χ3v) is 4.47. The van der Waals surface area contributed by atoms with Crippen LogP contribution < -0.4 is 10.6 Å². The molecule has 0 amide bonds. The van der Waals surface area contributed by atoms with E-state index in [0.29, 0.717) is 6.54 Å². The molecule has 2 nitrogen and oxygen atoms in total. The molecule has 4 heteroatoms. The fourth-order valence-corrected chi connectivity index (χ4v) is 2.63. The zero-order chi connectivity index (χ0) is 15.5. The third-order valence-electron chi connectivity index (χ3n) is 3.94. The molecule has 2 aromatic rings. The van der Waals surface area contributed by atoms with Crippen LogP contribution in [0, 0.1) is 5.82 Å². The van der Waals surface area contributed by atoms with Crippen molar-refractivity contribution in [1.82, 2.24) is 0 Å². The second kappa shape index (κ2) is 6.58. The van der Waals surface area contributed by atoms with Crippen LogP contribution in [0.15, 0.2) is 53.0 Å². The molecule has 0 spiro atoms. The number of nitrogens with zero attached hydrogens (tertiary/aromatic N) is 1. The van der Waals surface area contributed by atoms with Crippen molar-refractivity contribution in [2.45, 2.75) is 18.9 Å². The van der Waals surface area contributed by atoms with Crippen LogP contribution in [-0.2, 0) is 6.42 Å². The molecule has 0 radical (unpaired) electrons. The number of anilines is 1. The van der Waals surface area contributed by atoms with Gasteiger partial charge in [0.2, 0.25) is 0 Å². The van der Waals surface area contributed by atoms with Crippen LogP contribution in [0.2, 0.25) is 0 Å². The Hall–Kier alpha value is -1.39. The highest BCUT2D eigenvalue weighted by molar-refractivity contribution is 9.10. The Balaban J connectivity index is 2.25. The second-order valence-corrected chi connectivity index (χ2v) is 6.46. The summed E-state index contributed by atoms with van der Waals surface area (Å²) < 4.78 is 14.5. The minimum absolute atomic E-state index is 0.234. The van der Waals surface area contributed by atoms with Gasteiger partial charge in [0.1, 0.15) is 5.82 Å². The molecule has 0 aliphatic rings. The Morgan fingerprint density at radius 1 is 1.19 bits per heavy atom. The van der Waals surface area contributed by atoms with Crippen molar-refractivity contribution in [3.05, 3.63) is 64.4 Å². The maximum atomic E-state index is 13.4. The molecule has 1 atom stereocenters. The molecule has 0 heterocycles. The summed E-state index contributed by atoms with van der Waals surface area (Å²) in [4.78, 5) is 2.05. The van der Waals surface area contributed by atoms with Crippen LogP contribution in [0.4, 0.5) is 10.1 Å². The lowest BCUT2D eigenvalue weighted by molar-refractivity contribution is 0.449. The topological polar surface area (TPSA) is 29.3 Å². The lowest BCUT2D eigenvalue weighted by Crippen LogP contribution is -2.51. The van der Waals surface area contributed by atoms with Gasteiger partial charge in [0.05, 0.1) is 5.54 Å². The van der Waals surface area contributed by atoms with Crippen LogP contribution in [0.5, 0.6) is 0 Å². The molecule has 2 N–H and O–H groups in total. The summed E-state index contributed by atoms with van der Waals surface area (Å²) in [6.07, 6.45) is 0.795. The molecule has 2 rings (SSSR count). The molecule has 0 fully saturated rings. The summed E-state index contributed by atoms with van der Waals surface area (Å²) in [5.74, 6) is -0.234. The molecule has 2 aromatic carbocycles. The van der Waals surface area contributed by atoms with E-state index in [4.69, 9.17) is 5.73 Å². The number of nitrogens with two attached hydrogens (primary N) is 1. The van der Waals surface area contributed by atoms with Gasteiger partial charge in [-0.3, -0.25) is 0 Å². The maximum absolute atomic E-state index is 13.4. The van der Waals surface area contributed by atoms with Gasteiger partial charge in [-0.05, 0) is 49.2 Å². The van der Waals surface area contributed by atoms with Crippen LogP contribution in [-0.4, -0.2) is 19.1 Å². The first-order valence-electron chi connectivity index (χ1n) is 6.88. The fourth-order valence-electron chi connectivity index (χ4n) is 2.37. The van der Waals surface area contributed by atoms with E-state index in [-0.39, 0.29) is 11.4 Å². The van der Waals surface area contributed by atoms with Crippen molar-refractivity contribution in [2.75, 3.05) is 18.5 Å². The van der Waals surface area contributed by atoms with E-state index in [1.54, 1.807) is 6.07 Å². The standard InChI is InChI=1S/C17H20BrFN2/c1-17(12-20,11-13-6-8-14(18)9-7-13)21(2)16-5-3-4-15(19)10-16/h3-10H,11-12,20H2,1-2H3. The Bertz CT molecular complexity index is 600. The van der Waals surface area contributed by atoms with Gasteiger partial charge in [-0.15, -0.1) is 0 Å². The van der Waals surface area contributed by atoms with Crippen LogP contribution in [0.3, 0.4) is 0 Å². The number of hydrogen-bond acceptors (Lipinski definition) is 2. The van der Waals surface area contributed by atoms with Crippen molar-refractivity contribution < 1.29 is 4.39 Å². The molecule has 0 saturated heterocycles. The van der Waals surface area contributed by atoms with Gasteiger partial charge < -0.3 is 10.6 Å². The summed E-state index contributed by atoms with van der Waals surface area (Å²) in [5, 5.41) is 0. The number of rotatable bonds is 5. The zero-order valence-electron chi connectivity index (χ0n) is 12.3. The van der Waals surface area contributed by atoms with Gasteiger partial charge in [0, 0.05) is 23.8 Å². The van der Waals surface area contributed by atoms with Gasteiger partial charge in [0.25, 0.3) is 0 Å². The highest BCUT2D eigenvalue weighted by Crippen LogP contribution is 2.26. The van der Waals surface area contributed by atoms with Crippen molar-refractivity contribution >= 4 is 21.6 Å². The first-order valence-corrected chi connectivity index (χ1v) is 7.68. The molecular formula is C17H20BrFN2. The first-order chi connectivity index (χ1) is 9.94. The lowest BCUT2D eigenvalue weighted by atomic mass is 9.90. The van der Waals surface area contributed by atoms with Crippen LogP contribution in [0.1, 0.15) is 12.5 Å². The lowest BCUT2D eigenvalue weighted by Gasteiger charge is -2.40. The van der Waals surface area contributed by atoms with Crippen molar-refractivity contribution in [3.63, 3.8) is 0 Å². The summed E-state index contributed by atoms with van der Waals surface area (Å²) in [6.45, 7) is 2.58. The Morgan fingerprint density at radius 3 is 2.43 bits per heavy atom. The minimum atomic E-state index is -0.276. The Morgan fingerprint density at radius 2 is 1.86 bits per heavy atom. The highest BCUT2D eigenvalue weighted by Gasteiger charge is 2.28. The summed E-state index contributed by atoms with van der Waals surface area (Å²) in [5.41, 5.74) is 7.78. The van der Waals surface area contributed by atoms with Gasteiger partial charge in [-0.2, -0.15) is 0 Å². The number of halogens is 2. The SMILES string of the molecule is CN(c1cccc(F)c1)C(C)(CN)Cc1ccc(Br)cc1. The van der Waals surface area contributed by atoms with Crippen molar-refractivity contribution in [3.8, 4) is 0 Å². The zero-order valence-corrected chi connectivity index (χ0v) is 13.9. The summed E-state index contributed by atoms with van der Waals surface area (Å²) in [7, 11) is 1.96. The molecule has 1 unspecified atom stereocenters. The van der Waals surface area contributed by atoms with E-state index in [9.17, 15) is 4.39 Å². The predicted molar refractivity (Wildman–Crippen MR) is 90.1 cm³/mol. The van der Waals surface area contributed by atoms with E-state index in [1.807, 2.05) is 25.2 Å². The Labute approximate surface area is 133 Å². The van der Waals surface area contributed by atoms with E-state index in [1.165, 1.54) is 17.7 Å². The molecular weight excluding hydrogens is 331 g/mol. The van der Waals surface area contributed by atoms with E-state index in [2.05, 4.69) is 39.9 Å². The highest BCUT2D eigenvalue weighted by atomic mass is 79.9. The van der Waals surface area contributed by atoms with Crippen molar-refractivity contribution in [1.29, 1.82) is 0 Å². The van der Waals surface area contributed by atoms with Crippen molar-refractivity contribution in [2.24, 2.45) is 5.73 Å². The van der Waals surface area contributed by atoms with E-state index in [0.717, 1.165) is 16.6 Å². The van der Waals surface area contributed by atoms with Crippen LogP contribution >= 0.6 is 15.9 Å². The maximum Gasteiger partial charge on any atom is 0.125 e. The first kappa shape index (κ1) is 16.0. The van der Waals surface area contributed by atoms with E-state index < -0.39 is 0 Å². The molecule has 0 aromatic heterocycles. The van der Waals surface area contributed by atoms with Crippen LogP contribution in [0.25, 0.3) is 0 Å². The van der Waals surface area contributed by atoms with Gasteiger partial charge in [-0.1, -0.05) is 34.1 Å². The second-order valence-electron chi connectivity index (χ2n) is 5.54. The molecule has 0 aliphatic carbocycles. The molecule has 112 valence electrons. The predicted octanol–water partition coefficient (Wildman–Crippen LogP) is 3.98. The summed E-state index contributed by atoms with van der Waals surface area (Å²) >= 11 is 3.44. The normalized spacial score (nSPS) is 13.8. The molecule has 0 bridgehead atoms. The van der Waals surface area contributed by atoms with Gasteiger partial charge >= 0.3 is 0 Å². The van der Waals surface area contributed by atoms with Gasteiger partial charge in [-0.25, -0.2) is 4.39 Å². The third kappa shape index (κ3) is 3.83. The molecule has 21 heavy (non-hydrogen) atoms. The number of hydrogen-bond donors (Lipinski definition) is 1. The van der Waals surface area contributed by atoms with E-state index >= 15 is 0 Å². The average Bonchev–Trinajstić information content (AvgIpc) is 2.48.